The zero-order chi connectivity index (χ0) is 56.1. The number of carboxylic acid groups (broad SMARTS) is 1. The first kappa shape index (κ1) is 70.7. The number of ether oxygens (including phenoxy) is 5. The molecule has 0 aromatic heterocycles. The van der Waals surface area contributed by atoms with Crippen LogP contribution in [-0.4, -0.2) is 89.2 Å². The molecule has 1 saturated heterocycles. The number of carbonyl (C=O) groups excluding carboxylic acids is 3. The van der Waals surface area contributed by atoms with Gasteiger partial charge in [-0.15, -0.1) is 0 Å². The fourth-order valence-electron chi connectivity index (χ4n) is 8.54. The molecule has 1 rings (SSSR count). The van der Waals surface area contributed by atoms with Gasteiger partial charge in [-0.25, -0.2) is 4.79 Å². The van der Waals surface area contributed by atoms with Gasteiger partial charge in [-0.1, -0.05) is 227 Å². The second-order valence-electron chi connectivity index (χ2n) is 20.3. The van der Waals surface area contributed by atoms with Crippen LogP contribution >= 0.6 is 0 Å². The summed E-state index contributed by atoms with van der Waals surface area (Å²) in [7, 11) is 0. The van der Waals surface area contributed by atoms with Crippen LogP contribution in [0.4, 0.5) is 0 Å². The number of rotatable bonds is 50. The monoisotopic (exact) mass is 1080 g/mol. The van der Waals surface area contributed by atoms with Crippen molar-refractivity contribution in [3.63, 3.8) is 0 Å². The van der Waals surface area contributed by atoms with E-state index in [9.17, 15) is 34.5 Å². The minimum atomic E-state index is -1.92. The third kappa shape index (κ3) is 42.3. The molecular formula is C65H106O12. The van der Waals surface area contributed by atoms with E-state index in [0.717, 1.165) is 116 Å². The number of unbranched alkanes of at least 4 members (excludes halogenated alkanes) is 20. The zero-order valence-electron chi connectivity index (χ0n) is 48.2. The van der Waals surface area contributed by atoms with E-state index < -0.39 is 67.3 Å². The van der Waals surface area contributed by atoms with Crippen molar-refractivity contribution < 1.29 is 58.2 Å². The Morgan fingerprint density at radius 3 is 1.32 bits per heavy atom. The Bertz CT molecular complexity index is 1710. The lowest BCUT2D eigenvalue weighted by atomic mass is 9.98. The van der Waals surface area contributed by atoms with Crippen molar-refractivity contribution in [2.45, 2.75) is 276 Å². The first-order valence-corrected chi connectivity index (χ1v) is 30.2. The molecule has 1 fully saturated rings. The van der Waals surface area contributed by atoms with E-state index in [1.165, 1.54) is 64.2 Å². The number of aliphatic carboxylic acids is 1. The Morgan fingerprint density at radius 1 is 0.442 bits per heavy atom. The number of aliphatic hydroxyl groups is 2. The van der Waals surface area contributed by atoms with Crippen LogP contribution < -0.4 is 0 Å². The number of hydrogen-bond acceptors (Lipinski definition) is 11. The quantitative estimate of drug-likeness (QED) is 0.0228. The highest BCUT2D eigenvalue weighted by Gasteiger charge is 2.50. The lowest BCUT2D eigenvalue weighted by Crippen LogP contribution is -2.61. The van der Waals surface area contributed by atoms with Gasteiger partial charge in [-0.2, -0.15) is 0 Å². The summed E-state index contributed by atoms with van der Waals surface area (Å²) in [4.78, 5) is 51.1. The van der Waals surface area contributed by atoms with E-state index in [2.05, 4.69) is 106 Å². The number of esters is 3. The van der Waals surface area contributed by atoms with Crippen molar-refractivity contribution in [1.82, 2.24) is 0 Å². The van der Waals surface area contributed by atoms with Crippen LogP contribution in [0.1, 0.15) is 239 Å². The molecule has 1 aliphatic heterocycles. The topological polar surface area (TPSA) is 175 Å². The Hall–Kier alpha value is -4.36. The summed E-state index contributed by atoms with van der Waals surface area (Å²) in [5.74, 6) is -3.24. The fourth-order valence-corrected chi connectivity index (χ4v) is 8.54. The summed E-state index contributed by atoms with van der Waals surface area (Å²) in [5, 5.41) is 31.5. The van der Waals surface area contributed by atoms with Gasteiger partial charge in [0.05, 0.1) is 6.61 Å². The number of carbonyl (C=O) groups is 4. The van der Waals surface area contributed by atoms with Gasteiger partial charge in [0, 0.05) is 19.3 Å². The average molecular weight is 1080 g/mol. The van der Waals surface area contributed by atoms with Crippen LogP contribution in [0, 0.1) is 0 Å². The van der Waals surface area contributed by atoms with E-state index in [0.29, 0.717) is 19.3 Å². The van der Waals surface area contributed by atoms with Crippen molar-refractivity contribution in [2.24, 2.45) is 0 Å². The Labute approximate surface area is 466 Å². The third-order valence-corrected chi connectivity index (χ3v) is 13.2. The highest BCUT2D eigenvalue weighted by Crippen LogP contribution is 2.26. The summed E-state index contributed by atoms with van der Waals surface area (Å²) in [6, 6.07) is 0. The second kappa shape index (κ2) is 52.3. The van der Waals surface area contributed by atoms with Gasteiger partial charge in [0.15, 0.2) is 24.6 Å². The molecule has 1 aliphatic rings. The van der Waals surface area contributed by atoms with E-state index in [-0.39, 0.29) is 25.9 Å². The predicted molar refractivity (Wildman–Crippen MR) is 312 cm³/mol. The molecule has 12 heteroatoms. The second-order valence-corrected chi connectivity index (χ2v) is 20.3. The minimum Gasteiger partial charge on any atom is -0.479 e. The Kier molecular flexibility index (Phi) is 48.0. The number of aliphatic hydroxyl groups excluding tert-OH is 2. The molecule has 0 aliphatic carbocycles. The van der Waals surface area contributed by atoms with Crippen LogP contribution in [0.3, 0.4) is 0 Å². The molecule has 0 spiro atoms. The van der Waals surface area contributed by atoms with E-state index in [1.54, 1.807) is 0 Å². The molecule has 77 heavy (non-hydrogen) atoms. The molecule has 12 nitrogen and oxygen atoms in total. The molecule has 0 aromatic carbocycles. The maximum absolute atomic E-state index is 13.1. The maximum Gasteiger partial charge on any atom is 0.335 e. The van der Waals surface area contributed by atoms with Gasteiger partial charge in [0.1, 0.15) is 18.8 Å². The van der Waals surface area contributed by atoms with Gasteiger partial charge in [-0.3, -0.25) is 14.4 Å². The fraction of sp³-hybridized carbons (Fsp3) is 0.692. The summed E-state index contributed by atoms with van der Waals surface area (Å²) >= 11 is 0. The summed E-state index contributed by atoms with van der Waals surface area (Å²) < 4.78 is 28.3. The molecule has 0 radical (unpaired) electrons. The molecule has 0 saturated carbocycles. The molecular weight excluding hydrogens is 973 g/mol. The summed E-state index contributed by atoms with van der Waals surface area (Å²) in [5.41, 5.74) is 0. The molecule has 1 heterocycles. The standard InChI is InChI=1S/C65H106O12/c1-4-7-10-13-16-19-22-24-26-28-29-31-32-34-37-39-42-45-48-51-57(66)73-54-56(75-58(67)52-49-46-43-40-36-21-18-15-12-9-6-3)55-74-65-63(61(70)60(69)62(77-65)64(71)72)76-59(68)53-50-47-44-41-38-35-33-30-27-25-23-20-17-14-11-8-5-2/h7,10,16-17,19-20,24-27,29,31,34,37,42,45,56,60-63,65,69-70H,4-6,8-9,11-15,18,21-23,28,30,32-33,35-36,38-41,43-44,46-55H2,1-3H3,(H,71,72)/b10-7-,19-16-,20-17-,26-24-,27-25-,31-29-,37-34-,45-42-. The normalized spacial score (nSPS) is 18.7. The SMILES string of the molecule is CC/C=C\C/C=C\C/C=C\C/C=C\C/C=C\C/C=C\CCC(=O)OCC(COC1OC(C(=O)O)C(O)C(O)C1OC(=O)CCCCCCCCC/C=C\C/C=C\CCCCC)OC(=O)CCCCCCCCCCCCC. The van der Waals surface area contributed by atoms with Gasteiger partial charge >= 0.3 is 23.9 Å². The molecule has 6 atom stereocenters. The van der Waals surface area contributed by atoms with Gasteiger partial charge in [0.25, 0.3) is 0 Å². The van der Waals surface area contributed by atoms with E-state index in [1.807, 2.05) is 12.2 Å². The minimum absolute atomic E-state index is 0.0417. The largest absolute Gasteiger partial charge is 0.479 e. The lowest BCUT2D eigenvalue weighted by molar-refractivity contribution is -0.301. The van der Waals surface area contributed by atoms with Crippen molar-refractivity contribution in [1.29, 1.82) is 0 Å². The van der Waals surface area contributed by atoms with Crippen LogP contribution in [0.15, 0.2) is 97.2 Å². The van der Waals surface area contributed by atoms with Crippen molar-refractivity contribution in [3.05, 3.63) is 97.2 Å². The van der Waals surface area contributed by atoms with Crippen LogP contribution in [0.25, 0.3) is 0 Å². The highest BCUT2D eigenvalue weighted by atomic mass is 16.7. The van der Waals surface area contributed by atoms with Crippen LogP contribution in [0.5, 0.6) is 0 Å². The first-order valence-electron chi connectivity index (χ1n) is 30.2. The van der Waals surface area contributed by atoms with Crippen LogP contribution in [0.2, 0.25) is 0 Å². The molecule has 0 aromatic rings. The number of carboxylic acids is 1. The zero-order valence-corrected chi connectivity index (χ0v) is 48.2. The van der Waals surface area contributed by atoms with E-state index >= 15 is 0 Å². The predicted octanol–water partition coefficient (Wildman–Crippen LogP) is 15.7. The summed E-state index contributed by atoms with van der Waals surface area (Å²) in [6.45, 7) is 5.78. The number of hydrogen-bond donors (Lipinski definition) is 3. The van der Waals surface area contributed by atoms with Gasteiger partial charge in [-0.05, 0) is 89.9 Å². The average Bonchev–Trinajstić information content (AvgIpc) is 3.41. The molecule has 438 valence electrons. The maximum atomic E-state index is 13.1. The molecule has 0 amide bonds. The Balaban J connectivity index is 2.71. The third-order valence-electron chi connectivity index (χ3n) is 13.2. The van der Waals surface area contributed by atoms with Crippen molar-refractivity contribution >= 4 is 23.9 Å². The molecule has 0 bridgehead atoms. The van der Waals surface area contributed by atoms with Crippen molar-refractivity contribution in [3.8, 4) is 0 Å². The first-order chi connectivity index (χ1) is 37.6. The van der Waals surface area contributed by atoms with Crippen LogP contribution in [-0.2, 0) is 42.9 Å². The Morgan fingerprint density at radius 2 is 0.844 bits per heavy atom. The summed E-state index contributed by atoms with van der Waals surface area (Å²) in [6.07, 6.45) is 56.7. The molecule has 6 unspecified atom stereocenters. The molecule has 3 N–H and O–H groups in total. The van der Waals surface area contributed by atoms with Gasteiger partial charge in [0.2, 0.25) is 0 Å². The van der Waals surface area contributed by atoms with Gasteiger partial charge < -0.3 is 39.0 Å². The van der Waals surface area contributed by atoms with Crippen molar-refractivity contribution in [2.75, 3.05) is 13.2 Å². The number of allylic oxidation sites excluding steroid dienone is 16. The van der Waals surface area contributed by atoms with E-state index in [4.69, 9.17) is 23.7 Å². The smallest absolute Gasteiger partial charge is 0.335 e. The highest BCUT2D eigenvalue weighted by molar-refractivity contribution is 5.74. The lowest BCUT2D eigenvalue weighted by Gasteiger charge is -2.40.